The van der Waals surface area contributed by atoms with Crippen LogP contribution in [-0.4, -0.2) is 5.91 Å². The lowest BCUT2D eigenvalue weighted by atomic mass is 10.1. The number of anilines is 1. The van der Waals surface area contributed by atoms with Crippen LogP contribution in [0.4, 0.5) is 10.1 Å². The first-order valence-corrected chi connectivity index (χ1v) is 6.53. The van der Waals surface area contributed by atoms with Crippen molar-refractivity contribution in [2.45, 2.75) is 20.0 Å². The molecule has 0 bridgehead atoms. The monoisotopic (exact) mass is 270 g/mol. The Morgan fingerprint density at radius 2 is 2.10 bits per heavy atom. The maximum absolute atomic E-state index is 13.6. The predicted octanol–water partition coefficient (Wildman–Crippen LogP) is 2.99. The molecule has 2 aromatic carbocycles. The van der Waals surface area contributed by atoms with Gasteiger partial charge in [-0.1, -0.05) is 23.8 Å². The Balaban J connectivity index is 1.77. The average molecular weight is 270 g/mol. The Bertz CT molecular complexity index is 682. The number of fused-ring (bicyclic) bond motifs is 1. The quantitative estimate of drug-likeness (QED) is 0.900. The van der Waals surface area contributed by atoms with Gasteiger partial charge in [0, 0.05) is 29.9 Å². The van der Waals surface area contributed by atoms with Gasteiger partial charge in [-0.15, -0.1) is 0 Å². The smallest absolute Gasteiger partial charge is 0.251 e. The van der Waals surface area contributed by atoms with Crippen molar-refractivity contribution in [1.29, 1.82) is 0 Å². The third-order valence-corrected chi connectivity index (χ3v) is 3.48. The first-order chi connectivity index (χ1) is 9.63. The molecule has 2 aromatic rings. The summed E-state index contributed by atoms with van der Waals surface area (Å²) in [7, 11) is 0. The summed E-state index contributed by atoms with van der Waals surface area (Å²) in [6, 6.07) is 10.7. The minimum Gasteiger partial charge on any atom is -0.381 e. The Morgan fingerprint density at radius 3 is 2.95 bits per heavy atom. The number of carbonyl (C=O) groups is 1. The molecular formula is C16H15FN2O. The maximum atomic E-state index is 13.6. The minimum absolute atomic E-state index is 0.0506. The van der Waals surface area contributed by atoms with E-state index >= 15 is 0 Å². The summed E-state index contributed by atoms with van der Waals surface area (Å²) < 4.78 is 13.6. The first kappa shape index (κ1) is 12.7. The van der Waals surface area contributed by atoms with E-state index < -0.39 is 0 Å². The molecule has 20 heavy (non-hydrogen) atoms. The Kier molecular flexibility index (Phi) is 3.14. The highest BCUT2D eigenvalue weighted by Crippen LogP contribution is 2.21. The first-order valence-electron chi connectivity index (χ1n) is 6.53. The molecule has 0 saturated heterocycles. The van der Waals surface area contributed by atoms with Crippen LogP contribution < -0.4 is 10.6 Å². The van der Waals surface area contributed by atoms with E-state index in [2.05, 4.69) is 10.6 Å². The van der Waals surface area contributed by atoms with Crippen LogP contribution in [0.5, 0.6) is 0 Å². The highest BCUT2D eigenvalue weighted by molar-refractivity contribution is 5.99. The van der Waals surface area contributed by atoms with Crippen LogP contribution >= 0.6 is 0 Å². The van der Waals surface area contributed by atoms with Gasteiger partial charge in [0.2, 0.25) is 0 Å². The van der Waals surface area contributed by atoms with Crippen molar-refractivity contribution in [1.82, 2.24) is 5.32 Å². The van der Waals surface area contributed by atoms with Crippen LogP contribution in [0.3, 0.4) is 0 Å². The van der Waals surface area contributed by atoms with Crippen LogP contribution in [0, 0.1) is 12.7 Å². The van der Waals surface area contributed by atoms with Crippen LogP contribution in [-0.2, 0) is 13.1 Å². The second-order valence-corrected chi connectivity index (χ2v) is 5.00. The number of carbonyl (C=O) groups excluding carboxylic acids is 1. The summed E-state index contributed by atoms with van der Waals surface area (Å²) in [6.45, 7) is 2.91. The molecule has 2 N–H and O–H groups in total. The van der Waals surface area contributed by atoms with Crippen molar-refractivity contribution >= 4 is 11.6 Å². The molecule has 1 aliphatic rings. The third kappa shape index (κ3) is 2.37. The fourth-order valence-electron chi connectivity index (χ4n) is 2.36. The van der Waals surface area contributed by atoms with Crippen molar-refractivity contribution in [3.05, 3.63) is 64.5 Å². The summed E-state index contributed by atoms with van der Waals surface area (Å²) in [4.78, 5) is 11.6. The zero-order valence-corrected chi connectivity index (χ0v) is 11.2. The number of halogens is 1. The Labute approximate surface area is 116 Å². The molecule has 0 aromatic heterocycles. The normalized spacial score (nSPS) is 13.0. The van der Waals surface area contributed by atoms with Crippen molar-refractivity contribution in [2.24, 2.45) is 0 Å². The van der Waals surface area contributed by atoms with Crippen LogP contribution in [0.1, 0.15) is 27.0 Å². The van der Waals surface area contributed by atoms with Crippen LogP contribution in [0.25, 0.3) is 0 Å². The summed E-state index contributed by atoms with van der Waals surface area (Å²) in [5.74, 6) is -0.271. The number of aryl methyl sites for hydroxylation is 1. The lowest BCUT2D eigenvalue weighted by Crippen LogP contribution is -2.12. The van der Waals surface area contributed by atoms with Gasteiger partial charge >= 0.3 is 0 Å². The molecule has 3 rings (SSSR count). The van der Waals surface area contributed by atoms with Gasteiger partial charge in [0.15, 0.2) is 0 Å². The fraction of sp³-hybridized carbons (Fsp3) is 0.188. The van der Waals surface area contributed by atoms with Gasteiger partial charge in [-0.3, -0.25) is 4.79 Å². The van der Waals surface area contributed by atoms with Crippen molar-refractivity contribution in [2.75, 3.05) is 5.32 Å². The molecule has 0 aliphatic carbocycles. The standard InChI is InChI=1S/C16H15FN2O/c1-10-2-5-15(17)12(6-10)9-18-13-4-3-11-8-19-16(20)14(11)7-13/h2-7,18H,8-9H2,1H3,(H,19,20). The highest BCUT2D eigenvalue weighted by Gasteiger charge is 2.18. The SMILES string of the molecule is Cc1ccc(F)c(CNc2ccc3c(c2)C(=O)NC3)c1. The number of benzene rings is 2. The number of rotatable bonds is 3. The molecule has 0 fully saturated rings. The zero-order valence-electron chi connectivity index (χ0n) is 11.2. The molecule has 0 unspecified atom stereocenters. The van der Waals surface area contributed by atoms with E-state index in [1.807, 2.05) is 31.2 Å². The van der Waals surface area contributed by atoms with E-state index in [-0.39, 0.29) is 11.7 Å². The Morgan fingerprint density at radius 1 is 1.25 bits per heavy atom. The molecule has 4 heteroatoms. The van der Waals surface area contributed by atoms with Gasteiger partial charge in [0.1, 0.15) is 5.82 Å². The molecule has 0 atom stereocenters. The number of hydrogen-bond acceptors (Lipinski definition) is 2. The molecule has 1 aliphatic heterocycles. The second-order valence-electron chi connectivity index (χ2n) is 5.00. The van der Waals surface area contributed by atoms with Crippen LogP contribution in [0.2, 0.25) is 0 Å². The topological polar surface area (TPSA) is 41.1 Å². The molecular weight excluding hydrogens is 255 g/mol. The van der Waals surface area contributed by atoms with Crippen molar-refractivity contribution in [3.63, 3.8) is 0 Å². The zero-order chi connectivity index (χ0) is 14.1. The van der Waals surface area contributed by atoms with E-state index in [1.54, 1.807) is 6.07 Å². The minimum atomic E-state index is -0.220. The molecule has 1 heterocycles. The lowest BCUT2D eigenvalue weighted by molar-refractivity contribution is 0.0966. The summed E-state index contributed by atoms with van der Waals surface area (Å²) in [5.41, 5.74) is 4.16. The maximum Gasteiger partial charge on any atom is 0.251 e. The molecule has 0 radical (unpaired) electrons. The van der Waals surface area contributed by atoms with Gasteiger partial charge in [-0.2, -0.15) is 0 Å². The largest absolute Gasteiger partial charge is 0.381 e. The second kappa shape index (κ2) is 4.96. The molecule has 1 amide bonds. The molecule has 102 valence electrons. The number of nitrogens with one attached hydrogen (secondary N) is 2. The van der Waals surface area contributed by atoms with E-state index in [0.29, 0.717) is 24.2 Å². The fourth-order valence-corrected chi connectivity index (χ4v) is 2.36. The van der Waals surface area contributed by atoms with Crippen LogP contribution in [0.15, 0.2) is 36.4 Å². The van der Waals surface area contributed by atoms with E-state index in [4.69, 9.17) is 0 Å². The predicted molar refractivity (Wildman–Crippen MR) is 76.1 cm³/mol. The van der Waals surface area contributed by atoms with E-state index in [9.17, 15) is 9.18 Å². The summed E-state index contributed by atoms with van der Waals surface area (Å²) >= 11 is 0. The third-order valence-electron chi connectivity index (χ3n) is 3.48. The van der Waals surface area contributed by atoms with Gasteiger partial charge in [-0.05, 0) is 30.7 Å². The van der Waals surface area contributed by atoms with E-state index in [1.165, 1.54) is 6.07 Å². The number of hydrogen-bond donors (Lipinski definition) is 2. The number of amides is 1. The summed E-state index contributed by atoms with van der Waals surface area (Å²) in [6.07, 6.45) is 0. The Hall–Kier alpha value is -2.36. The summed E-state index contributed by atoms with van der Waals surface area (Å²) in [5, 5.41) is 5.94. The van der Waals surface area contributed by atoms with Crippen molar-refractivity contribution in [3.8, 4) is 0 Å². The van der Waals surface area contributed by atoms with Gasteiger partial charge in [0.25, 0.3) is 5.91 Å². The lowest BCUT2D eigenvalue weighted by Gasteiger charge is -2.09. The van der Waals surface area contributed by atoms with Crippen molar-refractivity contribution < 1.29 is 9.18 Å². The van der Waals surface area contributed by atoms with Gasteiger partial charge in [-0.25, -0.2) is 4.39 Å². The molecule has 0 spiro atoms. The van der Waals surface area contributed by atoms with E-state index in [0.717, 1.165) is 16.8 Å². The average Bonchev–Trinajstić information content (AvgIpc) is 2.81. The highest BCUT2D eigenvalue weighted by atomic mass is 19.1. The van der Waals surface area contributed by atoms with Gasteiger partial charge in [0.05, 0.1) is 0 Å². The molecule has 3 nitrogen and oxygen atoms in total. The molecule has 0 saturated carbocycles. The van der Waals surface area contributed by atoms with Gasteiger partial charge < -0.3 is 10.6 Å².